The molecule has 0 aromatic carbocycles. The molecule has 1 unspecified atom stereocenters. The van der Waals surface area contributed by atoms with Crippen LogP contribution in [-0.2, 0) is 4.57 Å². The molecule has 0 amide bonds. The molecule has 1 aliphatic rings. The Bertz CT molecular complexity index is 309. The highest BCUT2D eigenvalue weighted by Gasteiger charge is 2.50. The molecule has 0 bridgehead atoms. The Kier molecular flexibility index (Phi) is 5.18. The van der Waals surface area contributed by atoms with Gasteiger partial charge in [0, 0.05) is 8.07 Å². The van der Waals surface area contributed by atoms with Gasteiger partial charge in [-0.2, -0.15) is 4.76 Å². The minimum atomic E-state index is -0.433. The molecule has 0 aliphatic carbocycles. The second-order valence-electron chi connectivity index (χ2n) is 4.83. The van der Waals surface area contributed by atoms with E-state index in [0.29, 0.717) is 0 Å². The summed E-state index contributed by atoms with van der Waals surface area (Å²) in [6.07, 6.45) is 2.14. The lowest BCUT2D eigenvalue weighted by Gasteiger charge is -2.42. The number of nitrogens with zero attached hydrogens (tertiary/aromatic N) is 4. The van der Waals surface area contributed by atoms with E-state index in [4.69, 9.17) is 0 Å². The third kappa shape index (κ3) is 2.59. The van der Waals surface area contributed by atoms with E-state index in [1.54, 1.807) is 0 Å². The van der Waals surface area contributed by atoms with Gasteiger partial charge in [-0.05, 0) is 54.9 Å². The van der Waals surface area contributed by atoms with E-state index in [-0.39, 0.29) is 14.3 Å². The second-order valence-corrected chi connectivity index (χ2v) is 7.66. The van der Waals surface area contributed by atoms with Crippen LogP contribution < -0.4 is 0 Å². The van der Waals surface area contributed by atoms with Crippen LogP contribution in [0.15, 0.2) is 4.76 Å². The predicted molar refractivity (Wildman–Crippen MR) is 75.2 cm³/mol. The summed E-state index contributed by atoms with van der Waals surface area (Å²) in [4.78, 5) is 4.37. The molecule has 0 aromatic heterocycles. The molecule has 1 atom stereocenters. The highest BCUT2D eigenvalue weighted by atomic mass is 31.1. The zero-order chi connectivity index (χ0) is 13.2. The van der Waals surface area contributed by atoms with Gasteiger partial charge in [0.15, 0.2) is 0 Å². The molecule has 0 N–H and O–H groups in total. The van der Waals surface area contributed by atoms with Crippen molar-refractivity contribution in [3.05, 3.63) is 0 Å². The fourth-order valence-corrected chi connectivity index (χ4v) is 5.69. The van der Waals surface area contributed by atoms with Crippen LogP contribution >= 0.6 is 16.7 Å². The summed E-state index contributed by atoms with van der Waals surface area (Å²) in [5.41, 5.74) is 0.872. The summed E-state index contributed by atoms with van der Waals surface area (Å²) >= 11 is 0. The van der Waals surface area contributed by atoms with Crippen molar-refractivity contribution in [2.24, 2.45) is 4.76 Å². The fraction of sp³-hybridized carbons (Fsp3) is 0.900. The smallest absolute Gasteiger partial charge is 0.286 e. The van der Waals surface area contributed by atoms with E-state index >= 15 is 0 Å². The van der Waals surface area contributed by atoms with E-state index in [1.165, 1.54) is 0 Å². The van der Waals surface area contributed by atoms with Gasteiger partial charge in [0.1, 0.15) is 5.66 Å². The molecule has 1 heterocycles. The third-order valence-electron chi connectivity index (χ3n) is 3.37. The molecule has 0 saturated carbocycles. The molecule has 7 heteroatoms. The van der Waals surface area contributed by atoms with Crippen molar-refractivity contribution < 1.29 is 4.57 Å². The summed E-state index contributed by atoms with van der Waals surface area (Å²) in [5, 5.41) is 0. The summed E-state index contributed by atoms with van der Waals surface area (Å²) in [5.74, 6) is 0. The van der Waals surface area contributed by atoms with Crippen LogP contribution in [-0.4, -0.2) is 74.0 Å². The highest BCUT2D eigenvalue weighted by Crippen LogP contribution is 2.54. The molecule has 0 spiro atoms. The van der Waals surface area contributed by atoms with Crippen LogP contribution in [0.25, 0.3) is 0 Å². The molecule has 5 nitrogen and oxygen atoms in total. The zero-order valence-electron chi connectivity index (χ0n) is 11.5. The molecular formula is C10H22N4OP2. The SMILES string of the molecule is CN(C)P1CCC(N(C)C)(N(C)C)C1=NP=O. The standard InChI is InChI=1S/C10H22N4OP2/c1-12(2)10(13(3)4)7-8-17(14(5)6)9(10)11-16-15/h7-8H2,1-6H3. The summed E-state index contributed by atoms with van der Waals surface area (Å²) in [6, 6.07) is 0. The van der Waals surface area contributed by atoms with Gasteiger partial charge in [0.05, 0.1) is 5.45 Å². The largest absolute Gasteiger partial charge is 0.303 e. The average molecular weight is 276 g/mol. The molecule has 1 saturated heterocycles. The van der Waals surface area contributed by atoms with Crippen LogP contribution in [0, 0.1) is 0 Å². The topological polar surface area (TPSA) is 39.1 Å². The van der Waals surface area contributed by atoms with Gasteiger partial charge in [-0.1, -0.05) is 0 Å². The van der Waals surface area contributed by atoms with Crippen LogP contribution in [0.3, 0.4) is 0 Å². The van der Waals surface area contributed by atoms with Gasteiger partial charge >= 0.3 is 8.61 Å². The highest BCUT2D eigenvalue weighted by molar-refractivity contribution is 7.74. The van der Waals surface area contributed by atoms with Crippen molar-refractivity contribution in [3.8, 4) is 0 Å². The Balaban J connectivity index is 3.23. The Morgan fingerprint density at radius 3 is 2.06 bits per heavy atom. The zero-order valence-corrected chi connectivity index (χ0v) is 13.3. The quantitative estimate of drug-likeness (QED) is 0.579. The maximum Gasteiger partial charge on any atom is 0.303 e. The van der Waals surface area contributed by atoms with Crippen molar-refractivity contribution in [1.29, 1.82) is 0 Å². The van der Waals surface area contributed by atoms with Gasteiger partial charge in [-0.25, -0.2) is 4.57 Å². The van der Waals surface area contributed by atoms with E-state index in [1.807, 2.05) is 0 Å². The normalized spacial score (nSPS) is 26.9. The summed E-state index contributed by atoms with van der Waals surface area (Å²) in [6.45, 7) is 0. The van der Waals surface area contributed by atoms with E-state index < -0.39 is 8.07 Å². The van der Waals surface area contributed by atoms with E-state index in [2.05, 4.69) is 61.5 Å². The monoisotopic (exact) mass is 276 g/mol. The first-order valence-corrected chi connectivity index (χ1v) is 7.82. The molecular weight excluding hydrogens is 254 g/mol. The maximum absolute atomic E-state index is 10.9. The first kappa shape index (κ1) is 15.1. The first-order valence-electron chi connectivity index (χ1n) is 5.58. The van der Waals surface area contributed by atoms with Crippen molar-refractivity contribution in [3.63, 3.8) is 0 Å². The molecule has 0 aromatic rings. The second kappa shape index (κ2) is 5.81. The van der Waals surface area contributed by atoms with Gasteiger partial charge < -0.3 is 0 Å². The van der Waals surface area contributed by atoms with Crippen LogP contribution in [0.1, 0.15) is 6.42 Å². The molecule has 98 valence electrons. The van der Waals surface area contributed by atoms with Crippen molar-refractivity contribution in [2.45, 2.75) is 12.1 Å². The Morgan fingerprint density at radius 1 is 1.18 bits per heavy atom. The Hall–Kier alpha value is 0.0800. The van der Waals surface area contributed by atoms with Gasteiger partial charge in [-0.3, -0.25) is 14.5 Å². The van der Waals surface area contributed by atoms with E-state index in [0.717, 1.165) is 18.0 Å². The molecule has 17 heavy (non-hydrogen) atoms. The summed E-state index contributed by atoms with van der Waals surface area (Å²) < 4.78 is 17.4. The average Bonchev–Trinajstić information content (AvgIpc) is 2.58. The van der Waals surface area contributed by atoms with Gasteiger partial charge in [0.25, 0.3) is 0 Å². The van der Waals surface area contributed by atoms with Crippen LogP contribution in [0.4, 0.5) is 0 Å². The van der Waals surface area contributed by atoms with Gasteiger partial charge in [0.2, 0.25) is 0 Å². The fourth-order valence-electron chi connectivity index (χ4n) is 2.49. The lowest BCUT2D eigenvalue weighted by molar-refractivity contribution is 0.0736. The third-order valence-corrected chi connectivity index (χ3v) is 6.37. The summed E-state index contributed by atoms with van der Waals surface area (Å²) in [7, 11) is 11.8. The lowest BCUT2D eigenvalue weighted by atomic mass is 10.1. The number of hydrogen-bond donors (Lipinski definition) is 0. The minimum absolute atomic E-state index is 0.136. The lowest BCUT2D eigenvalue weighted by Crippen LogP contribution is -2.58. The Labute approximate surface area is 107 Å². The van der Waals surface area contributed by atoms with Crippen molar-refractivity contribution in [1.82, 2.24) is 14.5 Å². The van der Waals surface area contributed by atoms with Gasteiger partial charge in [-0.15, -0.1) is 0 Å². The molecule has 0 radical (unpaired) electrons. The van der Waals surface area contributed by atoms with Crippen molar-refractivity contribution >= 4 is 22.1 Å². The van der Waals surface area contributed by atoms with Crippen LogP contribution in [0.5, 0.6) is 0 Å². The maximum atomic E-state index is 10.9. The molecule has 1 fully saturated rings. The molecule has 1 rings (SSSR count). The number of hydrogen-bond acceptors (Lipinski definition) is 4. The van der Waals surface area contributed by atoms with Crippen molar-refractivity contribution in [2.75, 3.05) is 48.4 Å². The predicted octanol–water partition coefficient (Wildman–Crippen LogP) is 1.77. The minimum Gasteiger partial charge on any atom is -0.286 e. The molecule has 1 aliphatic heterocycles. The first-order chi connectivity index (χ1) is 7.87. The Morgan fingerprint density at radius 2 is 1.71 bits per heavy atom. The van der Waals surface area contributed by atoms with E-state index in [9.17, 15) is 4.57 Å². The van der Waals surface area contributed by atoms with Crippen LogP contribution in [0.2, 0.25) is 0 Å². The number of rotatable bonds is 4.